The predicted molar refractivity (Wildman–Crippen MR) is 109 cm³/mol. The van der Waals surface area contributed by atoms with E-state index in [1.54, 1.807) is 24.5 Å². The van der Waals surface area contributed by atoms with Gasteiger partial charge in [-0.25, -0.2) is 0 Å². The molecule has 28 heavy (non-hydrogen) atoms. The number of fused-ring (bicyclic) bond motifs is 1. The van der Waals surface area contributed by atoms with Crippen LogP contribution in [-0.2, 0) is 0 Å². The minimum atomic E-state index is -0.173. The zero-order valence-electron chi connectivity index (χ0n) is 14.7. The summed E-state index contributed by atoms with van der Waals surface area (Å²) in [6.07, 6.45) is 3.80. The second kappa shape index (κ2) is 7.08. The Morgan fingerprint density at radius 1 is 1.18 bits per heavy atom. The number of likely N-dealkylation sites (tertiary alicyclic amines) is 1. The molecule has 1 N–H and O–H groups in total. The number of furan rings is 1. The molecule has 0 spiro atoms. The van der Waals surface area contributed by atoms with Crippen molar-refractivity contribution in [3.63, 3.8) is 0 Å². The smallest absolute Gasteiger partial charge is 0.230 e. The van der Waals surface area contributed by atoms with Crippen LogP contribution in [0.5, 0.6) is 5.88 Å². The van der Waals surface area contributed by atoms with Crippen molar-refractivity contribution in [3.05, 3.63) is 57.1 Å². The molecular weight excluding hydrogens is 419 g/mol. The zero-order chi connectivity index (χ0) is 19.3. The lowest BCUT2D eigenvalue weighted by Crippen LogP contribution is -2.26. The van der Waals surface area contributed by atoms with E-state index >= 15 is 0 Å². The third-order valence-electron chi connectivity index (χ3n) is 4.95. The summed E-state index contributed by atoms with van der Waals surface area (Å²) in [5, 5.41) is 16.6. The monoisotopic (exact) mass is 434 g/mol. The van der Waals surface area contributed by atoms with Crippen molar-refractivity contribution >= 4 is 39.5 Å². The molecule has 4 heterocycles. The molecule has 0 aliphatic carbocycles. The molecule has 1 unspecified atom stereocenters. The second-order valence-electron chi connectivity index (χ2n) is 6.71. The Balaban J connectivity index is 1.63. The number of hydrogen-bond donors (Lipinski definition) is 1. The van der Waals surface area contributed by atoms with Crippen molar-refractivity contribution in [1.82, 2.24) is 19.5 Å². The fourth-order valence-electron chi connectivity index (χ4n) is 3.67. The molecule has 1 aromatic carbocycles. The van der Waals surface area contributed by atoms with E-state index in [4.69, 9.17) is 27.6 Å². The normalized spacial score (nSPS) is 16.2. The summed E-state index contributed by atoms with van der Waals surface area (Å²) in [4.78, 5) is 8.22. The Bertz CT molecular complexity index is 1130. The summed E-state index contributed by atoms with van der Waals surface area (Å²) in [5.41, 5.74) is 0.916. The van der Waals surface area contributed by atoms with Gasteiger partial charge in [0.15, 0.2) is 5.76 Å². The van der Waals surface area contributed by atoms with Gasteiger partial charge in [-0.1, -0.05) is 40.6 Å². The molecule has 6 nitrogen and oxygen atoms in total. The van der Waals surface area contributed by atoms with Crippen LogP contribution in [0.3, 0.4) is 0 Å². The molecule has 0 radical (unpaired) electrons. The average Bonchev–Trinajstić information content (AvgIpc) is 3.44. The van der Waals surface area contributed by atoms with Gasteiger partial charge in [0, 0.05) is 10.0 Å². The first-order valence-electron chi connectivity index (χ1n) is 8.93. The van der Waals surface area contributed by atoms with Gasteiger partial charge < -0.3 is 9.52 Å². The quantitative estimate of drug-likeness (QED) is 0.475. The summed E-state index contributed by atoms with van der Waals surface area (Å²) < 4.78 is 6.82. The first-order valence-corrected chi connectivity index (χ1v) is 10.5. The van der Waals surface area contributed by atoms with Crippen LogP contribution in [0.15, 0.2) is 41.0 Å². The molecule has 3 aromatic heterocycles. The largest absolute Gasteiger partial charge is 0.492 e. The third-order valence-corrected chi connectivity index (χ3v) is 6.59. The van der Waals surface area contributed by atoms with Crippen LogP contribution in [0.4, 0.5) is 0 Å². The first-order chi connectivity index (χ1) is 13.6. The van der Waals surface area contributed by atoms with E-state index in [0.29, 0.717) is 26.6 Å². The molecule has 0 saturated carbocycles. The zero-order valence-corrected chi connectivity index (χ0v) is 17.0. The number of hydrogen-bond acceptors (Lipinski definition) is 6. The fourth-order valence-corrected chi connectivity index (χ4v) is 5.29. The van der Waals surface area contributed by atoms with E-state index < -0.39 is 0 Å². The highest BCUT2D eigenvalue weighted by atomic mass is 35.5. The number of benzene rings is 1. The Labute approximate surface area is 174 Å². The Kier molecular flexibility index (Phi) is 4.55. The van der Waals surface area contributed by atoms with Crippen molar-refractivity contribution in [3.8, 4) is 17.5 Å². The van der Waals surface area contributed by atoms with Crippen LogP contribution >= 0.6 is 34.5 Å². The molecule has 144 valence electrons. The van der Waals surface area contributed by atoms with Crippen LogP contribution in [-0.4, -0.2) is 37.7 Å². The Hall–Kier alpha value is -2.06. The predicted octanol–water partition coefficient (Wildman–Crippen LogP) is 5.25. The number of rotatable bonds is 4. The summed E-state index contributed by atoms with van der Waals surface area (Å²) in [5.74, 6) is 1.09. The van der Waals surface area contributed by atoms with Gasteiger partial charge in [-0.2, -0.15) is 9.50 Å². The highest BCUT2D eigenvalue weighted by Gasteiger charge is 2.32. The van der Waals surface area contributed by atoms with Crippen LogP contribution in [0.25, 0.3) is 16.5 Å². The molecule has 1 atom stereocenters. The minimum Gasteiger partial charge on any atom is -0.492 e. The van der Waals surface area contributed by atoms with Crippen molar-refractivity contribution in [2.75, 3.05) is 13.1 Å². The molecule has 0 bridgehead atoms. The van der Waals surface area contributed by atoms with E-state index in [1.807, 2.05) is 12.1 Å². The van der Waals surface area contributed by atoms with Gasteiger partial charge in [0.05, 0.1) is 17.2 Å². The Morgan fingerprint density at radius 2 is 2.00 bits per heavy atom. The van der Waals surface area contributed by atoms with Gasteiger partial charge in [-0.15, -0.1) is 5.10 Å². The maximum absolute atomic E-state index is 11.0. The minimum absolute atomic E-state index is 0.0771. The van der Waals surface area contributed by atoms with Crippen molar-refractivity contribution < 1.29 is 9.52 Å². The van der Waals surface area contributed by atoms with E-state index in [2.05, 4.69) is 15.0 Å². The topological polar surface area (TPSA) is 66.8 Å². The molecule has 1 fully saturated rings. The van der Waals surface area contributed by atoms with Gasteiger partial charge >= 0.3 is 0 Å². The van der Waals surface area contributed by atoms with Crippen LogP contribution in [0.2, 0.25) is 10.0 Å². The number of nitrogens with zero attached hydrogens (tertiary/aromatic N) is 4. The van der Waals surface area contributed by atoms with Gasteiger partial charge in [-0.3, -0.25) is 4.90 Å². The van der Waals surface area contributed by atoms with Crippen LogP contribution in [0, 0.1) is 0 Å². The Morgan fingerprint density at radius 3 is 2.68 bits per heavy atom. The summed E-state index contributed by atoms with van der Waals surface area (Å²) in [7, 11) is 0. The van der Waals surface area contributed by atoms with E-state index in [-0.39, 0.29) is 11.9 Å². The number of aromatic nitrogens is 3. The maximum Gasteiger partial charge on any atom is 0.230 e. The lowest BCUT2D eigenvalue weighted by molar-refractivity contribution is 0.277. The van der Waals surface area contributed by atoms with Crippen molar-refractivity contribution in [1.29, 1.82) is 0 Å². The molecule has 5 rings (SSSR count). The molecule has 1 aliphatic rings. The van der Waals surface area contributed by atoms with Gasteiger partial charge in [0.25, 0.3) is 0 Å². The molecule has 0 amide bonds. The standard InChI is InChI=1S/C19H16Cl2N4O2S/c20-11-5-6-12(13(21)10-11)15(24-7-1-2-8-24)16-18(26)25-19(28-16)22-17(23-25)14-4-3-9-27-14/h3-6,9-10,15,26H,1-2,7-8H2. The van der Waals surface area contributed by atoms with Gasteiger partial charge in [0.1, 0.15) is 0 Å². The van der Waals surface area contributed by atoms with Crippen molar-refractivity contribution in [2.45, 2.75) is 18.9 Å². The molecule has 1 aliphatic heterocycles. The van der Waals surface area contributed by atoms with Gasteiger partial charge in [-0.05, 0) is 55.8 Å². The average molecular weight is 435 g/mol. The summed E-state index contributed by atoms with van der Waals surface area (Å²) in [6.45, 7) is 1.88. The molecular formula is C19H16Cl2N4O2S. The lowest BCUT2D eigenvalue weighted by Gasteiger charge is -2.27. The molecule has 9 heteroatoms. The van der Waals surface area contributed by atoms with Gasteiger partial charge in [0.2, 0.25) is 16.7 Å². The molecule has 4 aromatic rings. The highest BCUT2D eigenvalue weighted by Crippen LogP contribution is 2.43. The van der Waals surface area contributed by atoms with Crippen molar-refractivity contribution in [2.24, 2.45) is 0 Å². The van der Waals surface area contributed by atoms with E-state index in [9.17, 15) is 5.11 Å². The summed E-state index contributed by atoms with van der Waals surface area (Å²) in [6, 6.07) is 8.89. The van der Waals surface area contributed by atoms with Crippen LogP contribution in [0.1, 0.15) is 29.3 Å². The van der Waals surface area contributed by atoms with E-state index in [1.165, 1.54) is 15.9 Å². The first kappa shape index (κ1) is 18.0. The maximum atomic E-state index is 11.0. The lowest BCUT2D eigenvalue weighted by atomic mass is 10.0. The second-order valence-corrected chi connectivity index (χ2v) is 8.56. The van der Waals surface area contributed by atoms with E-state index in [0.717, 1.165) is 36.4 Å². The number of aromatic hydroxyl groups is 1. The van der Waals surface area contributed by atoms with Crippen LogP contribution < -0.4 is 0 Å². The number of thiazole rings is 1. The number of halogens is 2. The third kappa shape index (κ3) is 2.99. The summed E-state index contributed by atoms with van der Waals surface area (Å²) >= 11 is 14.0. The highest BCUT2D eigenvalue weighted by molar-refractivity contribution is 7.17. The SMILES string of the molecule is Oc1c(C(c2ccc(Cl)cc2Cl)N2CCCC2)sc2nc(-c3ccco3)nn12. The fraction of sp³-hybridized carbons (Fsp3) is 0.263. The molecule has 1 saturated heterocycles.